The summed E-state index contributed by atoms with van der Waals surface area (Å²) in [6.45, 7) is 4.73. The lowest BCUT2D eigenvalue weighted by Gasteiger charge is -2.41. The average molecular weight is 282 g/mol. The quantitative estimate of drug-likeness (QED) is 0.859. The zero-order chi connectivity index (χ0) is 13.4. The fourth-order valence-corrected chi connectivity index (χ4v) is 3.28. The Hall–Kier alpha value is -0.770. The van der Waals surface area contributed by atoms with E-state index in [9.17, 15) is 5.11 Å². The van der Waals surface area contributed by atoms with Gasteiger partial charge in [0.05, 0.1) is 6.04 Å². The molecule has 1 aromatic rings. The Morgan fingerprint density at radius 3 is 2.79 bits per heavy atom. The molecule has 1 aromatic carbocycles. The first-order valence-electron chi connectivity index (χ1n) is 6.99. The van der Waals surface area contributed by atoms with E-state index >= 15 is 0 Å². The van der Waals surface area contributed by atoms with Gasteiger partial charge in [-0.1, -0.05) is 18.5 Å². The maximum atomic E-state index is 10.3. The highest BCUT2D eigenvalue weighted by atomic mass is 35.5. The SMILES string of the molecule is CC1CCN(C2c3cc(Cl)ccc3OCC2O)CC1. The lowest BCUT2D eigenvalue weighted by molar-refractivity contribution is -0.0114. The highest BCUT2D eigenvalue weighted by Gasteiger charge is 2.35. The minimum absolute atomic E-state index is 0.0231. The third kappa shape index (κ3) is 2.60. The molecule has 3 nitrogen and oxygen atoms in total. The van der Waals surface area contributed by atoms with Crippen LogP contribution in [-0.4, -0.2) is 35.8 Å². The standard InChI is InChI=1S/C15H20ClNO2/c1-10-4-6-17(7-5-10)15-12-8-11(16)2-3-14(12)19-9-13(15)18/h2-3,8,10,13,15,18H,4-7,9H2,1H3. The Balaban J connectivity index is 1.90. The molecule has 1 fully saturated rings. The molecule has 3 rings (SSSR count). The lowest BCUT2D eigenvalue weighted by Crippen LogP contribution is -2.45. The van der Waals surface area contributed by atoms with Gasteiger partial charge in [-0.15, -0.1) is 0 Å². The molecule has 0 aromatic heterocycles. The number of hydrogen-bond acceptors (Lipinski definition) is 3. The smallest absolute Gasteiger partial charge is 0.124 e. The minimum atomic E-state index is -0.473. The number of aliphatic hydroxyl groups excluding tert-OH is 1. The molecule has 19 heavy (non-hydrogen) atoms. The number of rotatable bonds is 1. The van der Waals surface area contributed by atoms with Gasteiger partial charge >= 0.3 is 0 Å². The summed E-state index contributed by atoms with van der Waals surface area (Å²) in [7, 11) is 0. The highest BCUT2D eigenvalue weighted by Crippen LogP contribution is 2.39. The van der Waals surface area contributed by atoms with Gasteiger partial charge in [0.15, 0.2) is 0 Å². The Labute approximate surface area is 119 Å². The molecule has 0 saturated carbocycles. The largest absolute Gasteiger partial charge is 0.490 e. The molecule has 0 amide bonds. The number of hydrogen-bond donors (Lipinski definition) is 1. The van der Waals surface area contributed by atoms with Crippen molar-refractivity contribution in [2.24, 2.45) is 5.92 Å². The predicted molar refractivity (Wildman–Crippen MR) is 75.7 cm³/mol. The predicted octanol–water partition coefficient (Wildman–Crippen LogP) is 2.87. The van der Waals surface area contributed by atoms with Crippen molar-refractivity contribution >= 4 is 11.6 Å². The van der Waals surface area contributed by atoms with Crippen LogP contribution in [-0.2, 0) is 0 Å². The monoisotopic (exact) mass is 281 g/mol. The number of ether oxygens (including phenoxy) is 1. The van der Waals surface area contributed by atoms with E-state index in [1.54, 1.807) is 0 Å². The highest BCUT2D eigenvalue weighted by molar-refractivity contribution is 6.30. The van der Waals surface area contributed by atoms with E-state index in [1.165, 1.54) is 12.8 Å². The number of benzene rings is 1. The summed E-state index contributed by atoms with van der Waals surface area (Å²) in [4.78, 5) is 2.38. The Kier molecular flexibility index (Phi) is 3.70. The van der Waals surface area contributed by atoms with E-state index in [1.807, 2.05) is 18.2 Å². The third-order valence-corrected chi connectivity index (χ3v) is 4.51. The summed E-state index contributed by atoms with van der Waals surface area (Å²) in [6, 6.07) is 5.70. The molecule has 0 radical (unpaired) electrons. The molecule has 0 aliphatic carbocycles. The number of piperidine rings is 1. The van der Waals surface area contributed by atoms with Crippen LogP contribution in [0, 0.1) is 5.92 Å². The molecule has 104 valence electrons. The van der Waals surface area contributed by atoms with Gasteiger partial charge in [0.1, 0.15) is 18.5 Å². The van der Waals surface area contributed by atoms with E-state index in [0.29, 0.717) is 11.6 Å². The van der Waals surface area contributed by atoms with Crippen LogP contribution >= 0.6 is 11.6 Å². The van der Waals surface area contributed by atoms with Crippen molar-refractivity contribution in [2.75, 3.05) is 19.7 Å². The summed E-state index contributed by atoms with van der Waals surface area (Å²) in [6.07, 6.45) is 1.92. The second-order valence-corrected chi connectivity index (χ2v) is 6.16. The first-order valence-corrected chi connectivity index (χ1v) is 7.37. The van der Waals surface area contributed by atoms with E-state index < -0.39 is 6.10 Å². The fraction of sp³-hybridized carbons (Fsp3) is 0.600. The molecule has 2 heterocycles. The molecule has 0 bridgehead atoms. The maximum absolute atomic E-state index is 10.3. The van der Waals surface area contributed by atoms with Crippen molar-refractivity contribution in [1.29, 1.82) is 0 Å². The zero-order valence-electron chi connectivity index (χ0n) is 11.2. The third-order valence-electron chi connectivity index (χ3n) is 4.28. The van der Waals surface area contributed by atoms with Gasteiger partial charge in [-0.3, -0.25) is 4.90 Å². The van der Waals surface area contributed by atoms with Gasteiger partial charge in [-0.25, -0.2) is 0 Å². The summed E-state index contributed by atoms with van der Waals surface area (Å²) in [5, 5.41) is 11.0. The van der Waals surface area contributed by atoms with E-state index in [-0.39, 0.29) is 6.04 Å². The van der Waals surface area contributed by atoms with Gasteiger partial charge in [-0.05, 0) is 50.0 Å². The molecule has 0 spiro atoms. The Bertz CT molecular complexity index is 457. The van der Waals surface area contributed by atoms with Crippen LogP contribution in [0.5, 0.6) is 5.75 Å². The van der Waals surface area contributed by atoms with Crippen LogP contribution in [0.1, 0.15) is 31.4 Å². The van der Waals surface area contributed by atoms with Gasteiger partial charge in [0, 0.05) is 10.6 Å². The van der Waals surface area contributed by atoms with Crippen molar-refractivity contribution in [1.82, 2.24) is 4.90 Å². The maximum Gasteiger partial charge on any atom is 0.124 e. The Morgan fingerprint density at radius 1 is 1.32 bits per heavy atom. The van der Waals surface area contributed by atoms with E-state index in [0.717, 1.165) is 30.3 Å². The molecule has 1 N–H and O–H groups in total. The number of halogens is 1. The Morgan fingerprint density at radius 2 is 2.05 bits per heavy atom. The van der Waals surface area contributed by atoms with Crippen molar-refractivity contribution in [3.63, 3.8) is 0 Å². The summed E-state index contributed by atoms with van der Waals surface area (Å²) < 4.78 is 5.60. The van der Waals surface area contributed by atoms with Crippen LogP contribution in [0.15, 0.2) is 18.2 Å². The number of nitrogens with zero attached hydrogens (tertiary/aromatic N) is 1. The van der Waals surface area contributed by atoms with E-state index in [4.69, 9.17) is 16.3 Å². The molecule has 1 saturated heterocycles. The first kappa shape index (κ1) is 13.2. The number of aliphatic hydroxyl groups is 1. The summed E-state index contributed by atoms with van der Waals surface area (Å²) >= 11 is 6.10. The number of likely N-dealkylation sites (tertiary alicyclic amines) is 1. The zero-order valence-corrected chi connectivity index (χ0v) is 11.9. The molecule has 4 heteroatoms. The number of fused-ring (bicyclic) bond motifs is 1. The second-order valence-electron chi connectivity index (χ2n) is 5.72. The van der Waals surface area contributed by atoms with Crippen LogP contribution in [0.2, 0.25) is 5.02 Å². The van der Waals surface area contributed by atoms with E-state index in [2.05, 4.69) is 11.8 Å². The van der Waals surface area contributed by atoms with Crippen LogP contribution < -0.4 is 4.74 Å². The topological polar surface area (TPSA) is 32.7 Å². The van der Waals surface area contributed by atoms with Crippen molar-refractivity contribution in [3.8, 4) is 5.75 Å². The lowest BCUT2D eigenvalue weighted by atomic mass is 9.92. The molecular weight excluding hydrogens is 262 g/mol. The molecular formula is C15H20ClNO2. The molecule has 2 aliphatic heterocycles. The fourth-order valence-electron chi connectivity index (χ4n) is 3.10. The molecule has 2 unspecified atom stereocenters. The summed E-state index contributed by atoms with van der Waals surface area (Å²) in [5.74, 6) is 1.64. The van der Waals surface area contributed by atoms with Crippen molar-refractivity contribution in [2.45, 2.75) is 31.9 Å². The normalized spacial score (nSPS) is 28.8. The van der Waals surface area contributed by atoms with Gasteiger partial charge in [0.25, 0.3) is 0 Å². The minimum Gasteiger partial charge on any atom is -0.490 e. The second kappa shape index (κ2) is 5.31. The summed E-state index contributed by atoms with van der Waals surface area (Å²) in [5.41, 5.74) is 1.03. The van der Waals surface area contributed by atoms with Gasteiger partial charge in [-0.2, -0.15) is 0 Å². The van der Waals surface area contributed by atoms with Gasteiger partial charge < -0.3 is 9.84 Å². The van der Waals surface area contributed by atoms with Crippen LogP contribution in [0.3, 0.4) is 0 Å². The molecule has 2 aliphatic rings. The van der Waals surface area contributed by atoms with Gasteiger partial charge in [0.2, 0.25) is 0 Å². The molecule has 2 atom stereocenters. The van der Waals surface area contributed by atoms with Crippen molar-refractivity contribution in [3.05, 3.63) is 28.8 Å². The average Bonchev–Trinajstić information content (AvgIpc) is 2.40. The first-order chi connectivity index (χ1) is 9.15. The van der Waals surface area contributed by atoms with Crippen LogP contribution in [0.4, 0.5) is 0 Å². The van der Waals surface area contributed by atoms with Crippen molar-refractivity contribution < 1.29 is 9.84 Å². The van der Waals surface area contributed by atoms with Crippen LogP contribution in [0.25, 0.3) is 0 Å².